The van der Waals surface area contributed by atoms with Crippen LogP contribution in [-0.4, -0.2) is 53.3 Å². The van der Waals surface area contributed by atoms with Crippen LogP contribution in [0.5, 0.6) is 0 Å². The lowest BCUT2D eigenvalue weighted by atomic mass is 9.85. The molecule has 0 aromatic rings. The maximum Gasteiger partial charge on any atom is 0.321 e. The number of urea groups is 1. The molecule has 2 atom stereocenters. The zero-order valence-corrected chi connectivity index (χ0v) is 15.7. The van der Waals surface area contributed by atoms with Crippen LogP contribution in [-0.2, 0) is 23.9 Å². The Hall–Kier alpha value is -2.71. The number of allylic oxidation sites excluding steroid dienone is 2. The Balaban J connectivity index is 1.72. The molecule has 1 fully saturated rings. The second kappa shape index (κ2) is 8.32. The Morgan fingerprint density at radius 2 is 1.67 bits per heavy atom. The van der Waals surface area contributed by atoms with Crippen LogP contribution in [0.15, 0.2) is 12.2 Å². The van der Waals surface area contributed by atoms with Crippen LogP contribution >= 0.6 is 0 Å². The minimum Gasteiger partial charge on any atom is -0.456 e. The number of hydrogen-bond donors (Lipinski definition) is 2. The Morgan fingerprint density at radius 1 is 1.11 bits per heavy atom. The van der Waals surface area contributed by atoms with Gasteiger partial charge in [0.1, 0.15) is 0 Å². The third-order valence-corrected chi connectivity index (χ3v) is 4.24. The molecule has 0 radical (unpaired) electrons. The molecule has 1 aliphatic carbocycles. The fourth-order valence-corrected chi connectivity index (χ4v) is 3.05. The Bertz CT molecular complexity index is 653. The first-order chi connectivity index (χ1) is 12.6. The van der Waals surface area contributed by atoms with Crippen molar-refractivity contribution in [3.8, 4) is 0 Å². The van der Waals surface area contributed by atoms with E-state index in [2.05, 4.69) is 5.32 Å². The number of amides is 5. The molecule has 1 saturated heterocycles. The van der Waals surface area contributed by atoms with Crippen molar-refractivity contribution in [2.24, 2.45) is 11.8 Å². The minimum atomic E-state index is -0.768. The SMILES string of the molecule is CC(C)(C)NC(=O)NC(=O)COC(=O)CCN1C(=O)[C@@H]2CC=CC[C@H]2C1=O. The molecule has 0 spiro atoms. The number of ether oxygens (including phenoxy) is 1. The summed E-state index contributed by atoms with van der Waals surface area (Å²) in [7, 11) is 0. The smallest absolute Gasteiger partial charge is 0.321 e. The number of hydrogen-bond acceptors (Lipinski definition) is 6. The molecule has 1 heterocycles. The molecule has 1 aliphatic heterocycles. The first kappa shape index (κ1) is 20.6. The van der Waals surface area contributed by atoms with E-state index in [9.17, 15) is 24.0 Å². The summed E-state index contributed by atoms with van der Waals surface area (Å²) in [6, 6.07) is -0.687. The van der Waals surface area contributed by atoms with Crippen molar-refractivity contribution in [2.75, 3.05) is 13.2 Å². The summed E-state index contributed by atoms with van der Waals surface area (Å²) < 4.78 is 4.79. The molecule has 0 aromatic heterocycles. The Kier molecular flexibility index (Phi) is 6.35. The number of rotatable bonds is 5. The van der Waals surface area contributed by atoms with Crippen molar-refractivity contribution in [3.05, 3.63) is 12.2 Å². The maximum absolute atomic E-state index is 12.3. The Morgan fingerprint density at radius 3 is 2.19 bits per heavy atom. The lowest BCUT2D eigenvalue weighted by Crippen LogP contribution is -2.49. The molecule has 9 nitrogen and oxygen atoms in total. The molecule has 0 aromatic carbocycles. The quantitative estimate of drug-likeness (QED) is 0.407. The second-order valence-electron chi connectivity index (χ2n) is 7.65. The van der Waals surface area contributed by atoms with Crippen LogP contribution in [0.3, 0.4) is 0 Å². The highest BCUT2D eigenvalue weighted by Crippen LogP contribution is 2.34. The predicted octanol–water partition coefficient (Wildman–Crippen LogP) is 0.495. The van der Waals surface area contributed by atoms with E-state index in [1.54, 1.807) is 20.8 Å². The second-order valence-corrected chi connectivity index (χ2v) is 7.65. The van der Waals surface area contributed by atoms with Crippen molar-refractivity contribution in [1.82, 2.24) is 15.5 Å². The van der Waals surface area contributed by atoms with Crippen LogP contribution in [0.25, 0.3) is 0 Å². The zero-order chi connectivity index (χ0) is 20.2. The number of nitrogens with one attached hydrogen (secondary N) is 2. The van der Waals surface area contributed by atoms with Gasteiger partial charge < -0.3 is 10.1 Å². The minimum absolute atomic E-state index is 0.0738. The first-order valence-electron chi connectivity index (χ1n) is 8.86. The molecule has 27 heavy (non-hydrogen) atoms. The van der Waals surface area contributed by atoms with Gasteiger partial charge in [0, 0.05) is 12.1 Å². The van der Waals surface area contributed by atoms with Gasteiger partial charge in [0.15, 0.2) is 6.61 Å². The average Bonchev–Trinajstić information content (AvgIpc) is 2.81. The van der Waals surface area contributed by atoms with Gasteiger partial charge >= 0.3 is 12.0 Å². The number of likely N-dealkylation sites (tertiary alicyclic amines) is 1. The third kappa shape index (κ3) is 5.63. The van der Waals surface area contributed by atoms with Crippen molar-refractivity contribution in [2.45, 2.75) is 45.6 Å². The van der Waals surface area contributed by atoms with E-state index in [1.165, 1.54) is 0 Å². The molecule has 9 heteroatoms. The molecule has 2 N–H and O–H groups in total. The summed E-state index contributed by atoms with van der Waals surface area (Å²) in [5, 5.41) is 4.58. The van der Waals surface area contributed by atoms with Crippen molar-refractivity contribution in [3.63, 3.8) is 0 Å². The number of carbonyl (C=O) groups is 5. The monoisotopic (exact) mass is 379 g/mol. The van der Waals surface area contributed by atoms with Gasteiger partial charge in [0.05, 0.1) is 18.3 Å². The van der Waals surface area contributed by atoms with Gasteiger partial charge in [0.2, 0.25) is 11.8 Å². The fourth-order valence-electron chi connectivity index (χ4n) is 3.05. The van der Waals surface area contributed by atoms with Gasteiger partial charge in [-0.15, -0.1) is 0 Å². The molecule has 2 rings (SSSR count). The number of esters is 1. The summed E-state index contributed by atoms with van der Waals surface area (Å²) in [4.78, 5) is 60.6. The Labute approximate surface area is 157 Å². The highest BCUT2D eigenvalue weighted by Gasteiger charge is 2.46. The fraction of sp³-hybridized carbons (Fsp3) is 0.611. The lowest BCUT2D eigenvalue weighted by Gasteiger charge is -2.20. The number of fused-ring (bicyclic) bond motifs is 1. The summed E-state index contributed by atoms with van der Waals surface area (Å²) in [5.41, 5.74) is -0.511. The molecule has 0 unspecified atom stereocenters. The molecular formula is C18H25N3O6. The normalized spacial score (nSPS) is 21.7. The number of imide groups is 2. The zero-order valence-electron chi connectivity index (χ0n) is 15.7. The first-order valence-corrected chi connectivity index (χ1v) is 8.86. The van der Waals surface area contributed by atoms with Gasteiger partial charge in [0.25, 0.3) is 5.91 Å². The lowest BCUT2D eigenvalue weighted by molar-refractivity contribution is -0.149. The summed E-state index contributed by atoms with van der Waals surface area (Å²) >= 11 is 0. The third-order valence-electron chi connectivity index (χ3n) is 4.24. The average molecular weight is 379 g/mol. The molecular weight excluding hydrogens is 354 g/mol. The van der Waals surface area contributed by atoms with Gasteiger partial charge in [-0.3, -0.25) is 29.4 Å². The van der Waals surface area contributed by atoms with E-state index < -0.39 is 30.1 Å². The standard InChI is InChI=1S/C18H25N3O6/c1-18(2,3)20-17(26)19-13(22)10-27-14(23)8-9-21-15(24)11-6-4-5-7-12(11)16(21)25/h4-5,11-12H,6-10H2,1-3H3,(H2,19,20,22,26)/t11-,12-/m1/s1. The van der Waals surface area contributed by atoms with Gasteiger partial charge in [-0.25, -0.2) is 4.79 Å². The largest absolute Gasteiger partial charge is 0.456 e. The predicted molar refractivity (Wildman–Crippen MR) is 94.1 cm³/mol. The van der Waals surface area contributed by atoms with Crippen LogP contribution < -0.4 is 10.6 Å². The molecule has 0 bridgehead atoms. The topological polar surface area (TPSA) is 122 Å². The highest BCUT2D eigenvalue weighted by molar-refractivity contribution is 6.05. The van der Waals surface area contributed by atoms with Crippen LogP contribution in [0.4, 0.5) is 4.79 Å². The number of nitrogens with zero attached hydrogens (tertiary/aromatic N) is 1. The van der Waals surface area contributed by atoms with E-state index >= 15 is 0 Å². The summed E-state index contributed by atoms with van der Waals surface area (Å²) in [6.45, 7) is 4.57. The van der Waals surface area contributed by atoms with E-state index in [0.29, 0.717) is 12.8 Å². The molecule has 5 amide bonds. The molecule has 2 aliphatic rings. The summed E-state index contributed by atoms with van der Waals surface area (Å²) in [6.07, 6.45) is 4.64. The van der Waals surface area contributed by atoms with Gasteiger partial charge in [-0.2, -0.15) is 0 Å². The number of carbonyl (C=O) groups excluding carboxylic acids is 5. The summed E-state index contributed by atoms with van der Waals surface area (Å²) in [5.74, 6) is -2.71. The van der Waals surface area contributed by atoms with Crippen LogP contribution in [0.1, 0.15) is 40.0 Å². The van der Waals surface area contributed by atoms with Crippen molar-refractivity contribution >= 4 is 29.7 Å². The van der Waals surface area contributed by atoms with Gasteiger partial charge in [-0.1, -0.05) is 12.2 Å². The van der Waals surface area contributed by atoms with E-state index in [0.717, 1.165) is 4.90 Å². The van der Waals surface area contributed by atoms with Crippen LogP contribution in [0, 0.1) is 11.8 Å². The molecule has 148 valence electrons. The van der Waals surface area contributed by atoms with Crippen molar-refractivity contribution in [1.29, 1.82) is 0 Å². The van der Waals surface area contributed by atoms with E-state index in [1.807, 2.05) is 17.5 Å². The van der Waals surface area contributed by atoms with E-state index in [4.69, 9.17) is 4.74 Å². The van der Waals surface area contributed by atoms with Gasteiger partial charge in [-0.05, 0) is 33.6 Å². The molecule has 0 saturated carbocycles. The van der Waals surface area contributed by atoms with Crippen LogP contribution in [0.2, 0.25) is 0 Å². The van der Waals surface area contributed by atoms with E-state index in [-0.39, 0.29) is 36.6 Å². The maximum atomic E-state index is 12.3. The van der Waals surface area contributed by atoms with Crippen molar-refractivity contribution < 1.29 is 28.7 Å². The highest BCUT2D eigenvalue weighted by atomic mass is 16.5.